The Labute approximate surface area is 110 Å². The third kappa shape index (κ3) is 2.39. The van der Waals surface area contributed by atoms with Gasteiger partial charge >= 0.3 is 0 Å². The number of likely N-dealkylation sites (N-methyl/N-ethyl adjacent to an activating group) is 1. The number of hydrogen-bond acceptors (Lipinski definition) is 6. The van der Waals surface area contributed by atoms with Gasteiger partial charge < -0.3 is 19.7 Å². The van der Waals surface area contributed by atoms with Crippen LogP contribution in [0.5, 0.6) is 0 Å². The van der Waals surface area contributed by atoms with Crippen LogP contribution in [0.1, 0.15) is 12.8 Å². The number of anilines is 1. The molecule has 102 valence electrons. The van der Waals surface area contributed by atoms with Crippen molar-refractivity contribution in [2.24, 2.45) is 0 Å². The predicted octanol–water partition coefficient (Wildman–Crippen LogP) is 0.331. The van der Waals surface area contributed by atoms with Crippen molar-refractivity contribution < 1.29 is 9.84 Å². The van der Waals surface area contributed by atoms with E-state index in [1.807, 2.05) is 11.9 Å². The van der Waals surface area contributed by atoms with Gasteiger partial charge in [0.15, 0.2) is 11.5 Å². The third-order valence-electron chi connectivity index (χ3n) is 3.52. The Morgan fingerprint density at radius 2 is 2.16 bits per heavy atom. The van der Waals surface area contributed by atoms with E-state index in [0.717, 1.165) is 11.3 Å². The van der Waals surface area contributed by atoms with Crippen molar-refractivity contribution in [2.45, 2.75) is 18.4 Å². The van der Waals surface area contributed by atoms with E-state index < -0.39 is 5.60 Å². The summed E-state index contributed by atoms with van der Waals surface area (Å²) in [6, 6.07) is 0. The molecule has 0 spiro atoms. The zero-order chi connectivity index (χ0) is 13.3. The fraction of sp³-hybridized carbons (Fsp3) is 0.583. The topological polar surface area (TPSA) is 87.2 Å². The number of fused-ring (bicyclic) bond motifs is 1. The molecule has 19 heavy (non-hydrogen) atoms. The average molecular weight is 263 g/mol. The van der Waals surface area contributed by atoms with Gasteiger partial charge in [-0.15, -0.1) is 0 Å². The lowest BCUT2D eigenvalue weighted by Crippen LogP contribution is -2.46. The second-order valence-electron chi connectivity index (χ2n) is 4.99. The lowest BCUT2D eigenvalue weighted by Gasteiger charge is -2.35. The van der Waals surface area contributed by atoms with Crippen LogP contribution in [-0.4, -0.2) is 57.4 Å². The number of hydrogen-bond donors (Lipinski definition) is 2. The quantitative estimate of drug-likeness (QED) is 0.830. The van der Waals surface area contributed by atoms with Crippen LogP contribution in [0.3, 0.4) is 0 Å². The fourth-order valence-corrected chi connectivity index (χ4v) is 2.47. The molecule has 3 rings (SSSR count). The van der Waals surface area contributed by atoms with Crippen molar-refractivity contribution >= 4 is 17.0 Å². The number of aromatic nitrogens is 4. The SMILES string of the molecule is CN(CC1(O)CCOCC1)c1ncnc2nc[nH]c12. The summed E-state index contributed by atoms with van der Waals surface area (Å²) < 4.78 is 5.29. The highest BCUT2D eigenvalue weighted by atomic mass is 16.5. The summed E-state index contributed by atoms with van der Waals surface area (Å²) in [7, 11) is 1.91. The number of nitrogens with zero attached hydrogens (tertiary/aromatic N) is 4. The van der Waals surface area contributed by atoms with Gasteiger partial charge in [0.2, 0.25) is 0 Å². The van der Waals surface area contributed by atoms with Crippen molar-refractivity contribution in [3.63, 3.8) is 0 Å². The van der Waals surface area contributed by atoms with Gasteiger partial charge in [0.1, 0.15) is 11.8 Å². The maximum absolute atomic E-state index is 10.5. The molecular formula is C12H17N5O2. The number of ether oxygens (including phenoxy) is 1. The average Bonchev–Trinajstić information content (AvgIpc) is 2.86. The van der Waals surface area contributed by atoms with E-state index in [1.165, 1.54) is 6.33 Å². The van der Waals surface area contributed by atoms with Gasteiger partial charge in [-0.05, 0) is 0 Å². The van der Waals surface area contributed by atoms with E-state index in [0.29, 0.717) is 38.2 Å². The lowest BCUT2D eigenvalue weighted by atomic mass is 9.94. The summed E-state index contributed by atoms with van der Waals surface area (Å²) >= 11 is 0. The minimum absolute atomic E-state index is 0.515. The molecule has 3 heterocycles. The van der Waals surface area contributed by atoms with Crippen LogP contribution < -0.4 is 4.90 Å². The van der Waals surface area contributed by atoms with Crippen LogP contribution in [0.15, 0.2) is 12.7 Å². The summed E-state index contributed by atoms with van der Waals surface area (Å²) in [5.41, 5.74) is 0.709. The highest BCUT2D eigenvalue weighted by molar-refractivity contribution is 5.82. The number of H-pyrrole nitrogens is 1. The first-order chi connectivity index (χ1) is 9.18. The molecule has 2 N–H and O–H groups in total. The van der Waals surface area contributed by atoms with Crippen molar-refractivity contribution in [1.82, 2.24) is 19.9 Å². The van der Waals surface area contributed by atoms with Crippen LogP contribution in [0.25, 0.3) is 11.2 Å². The first kappa shape index (κ1) is 12.3. The molecule has 0 saturated carbocycles. The van der Waals surface area contributed by atoms with Crippen LogP contribution in [0.2, 0.25) is 0 Å². The van der Waals surface area contributed by atoms with Crippen molar-refractivity contribution in [2.75, 3.05) is 31.7 Å². The van der Waals surface area contributed by atoms with E-state index >= 15 is 0 Å². The Balaban J connectivity index is 1.83. The molecule has 0 aromatic carbocycles. The largest absolute Gasteiger partial charge is 0.388 e. The number of imidazole rings is 1. The van der Waals surface area contributed by atoms with E-state index in [4.69, 9.17) is 4.74 Å². The molecule has 1 fully saturated rings. The highest BCUT2D eigenvalue weighted by Gasteiger charge is 2.31. The highest BCUT2D eigenvalue weighted by Crippen LogP contribution is 2.25. The zero-order valence-electron chi connectivity index (χ0n) is 10.8. The molecule has 0 aliphatic carbocycles. The van der Waals surface area contributed by atoms with E-state index in [9.17, 15) is 5.11 Å². The Kier molecular flexibility index (Phi) is 3.08. The first-order valence-electron chi connectivity index (χ1n) is 6.33. The molecule has 1 saturated heterocycles. The predicted molar refractivity (Wildman–Crippen MR) is 70.0 cm³/mol. The molecule has 0 amide bonds. The molecule has 0 bridgehead atoms. The Morgan fingerprint density at radius 1 is 1.37 bits per heavy atom. The first-order valence-corrected chi connectivity index (χ1v) is 6.33. The molecular weight excluding hydrogens is 246 g/mol. The molecule has 7 nitrogen and oxygen atoms in total. The van der Waals surface area contributed by atoms with Crippen LogP contribution >= 0.6 is 0 Å². The standard InChI is InChI=1S/C12H17N5O2/c1-17(6-12(18)2-4-19-5-3-12)11-9-10(14-7-13-9)15-8-16-11/h7-8,18H,2-6H2,1H3,(H,13,14,15,16). The fourth-order valence-electron chi connectivity index (χ4n) is 2.47. The molecule has 2 aromatic heterocycles. The molecule has 0 unspecified atom stereocenters. The van der Waals surface area contributed by atoms with Crippen LogP contribution in [-0.2, 0) is 4.74 Å². The smallest absolute Gasteiger partial charge is 0.182 e. The Bertz CT molecular complexity index is 564. The molecule has 0 atom stereocenters. The second kappa shape index (κ2) is 4.75. The zero-order valence-corrected chi connectivity index (χ0v) is 10.8. The molecule has 0 radical (unpaired) electrons. The van der Waals surface area contributed by atoms with Gasteiger partial charge in [-0.3, -0.25) is 0 Å². The normalized spacial score (nSPS) is 18.6. The number of rotatable bonds is 3. The number of nitrogens with one attached hydrogen (secondary N) is 1. The molecule has 1 aliphatic heterocycles. The molecule has 2 aromatic rings. The van der Waals surface area contributed by atoms with Gasteiger partial charge in [0.05, 0.1) is 11.9 Å². The maximum Gasteiger partial charge on any atom is 0.182 e. The Hall–Kier alpha value is -1.73. The second-order valence-corrected chi connectivity index (χ2v) is 4.99. The van der Waals surface area contributed by atoms with Crippen LogP contribution in [0, 0.1) is 0 Å². The van der Waals surface area contributed by atoms with Crippen molar-refractivity contribution in [3.05, 3.63) is 12.7 Å². The summed E-state index contributed by atoms with van der Waals surface area (Å²) in [5.74, 6) is 0.752. The van der Waals surface area contributed by atoms with Crippen LogP contribution in [0.4, 0.5) is 5.82 Å². The third-order valence-corrected chi connectivity index (χ3v) is 3.52. The van der Waals surface area contributed by atoms with Crippen molar-refractivity contribution in [1.29, 1.82) is 0 Å². The van der Waals surface area contributed by atoms with Gasteiger partial charge in [-0.1, -0.05) is 0 Å². The van der Waals surface area contributed by atoms with Gasteiger partial charge in [-0.25, -0.2) is 15.0 Å². The van der Waals surface area contributed by atoms with E-state index in [2.05, 4.69) is 19.9 Å². The molecule has 1 aliphatic rings. The van der Waals surface area contributed by atoms with Gasteiger partial charge in [0.25, 0.3) is 0 Å². The maximum atomic E-state index is 10.5. The minimum Gasteiger partial charge on any atom is -0.388 e. The summed E-state index contributed by atoms with van der Waals surface area (Å²) in [5, 5.41) is 10.5. The van der Waals surface area contributed by atoms with E-state index in [-0.39, 0.29) is 0 Å². The van der Waals surface area contributed by atoms with Gasteiger partial charge in [0, 0.05) is 39.6 Å². The monoisotopic (exact) mass is 263 g/mol. The number of aromatic amines is 1. The number of aliphatic hydroxyl groups is 1. The summed E-state index contributed by atoms with van der Waals surface area (Å²) in [6.07, 6.45) is 4.38. The van der Waals surface area contributed by atoms with Gasteiger partial charge in [-0.2, -0.15) is 0 Å². The van der Waals surface area contributed by atoms with Crippen molar-refractivity contribution in [3.8, 4) is 0 Å². The summed E-state index contributed by atoms with van der Waals surface area (Å²) in [6.45, 7) is 1.72. The van der Waals surface area contributed by atoms with E-state index in [1.54, 1.807) is 6.33 Å². The Morgan fingerprint density at radius 3 is 2.95 bits per heavy atom. The summed E-state index contributed by atoms with van der Waals surface area (Å²) in [4.78, 5) is 17.4. The molecule has 7 heteroatoms. The lowest BCUT2D eigenvalue weighted by molar-refractivity contribution is -0.0573. The minimum atomic E-state index is -0.718.